The van der Waals surface area contributed by atoms with Gasteiger partial charge in [-0.15, -0.1) is 11.3 Å². The van der Waals surface area contributed by atoms with Crippen LogP contribution in [0, 0.1) is 0 Å². The van der Waals surface area contributed by atoms with Gasteiger partial charge in [0, 0.05) is 38.9 Å². The van der Waals surface area contributed by atoms with Crippen LogP contribution in [0.1, 0.15) is 0 Å². The highest BCUT2D eigenvalue weighted by Crippen LogP contribution is 2.35. The van der Waals surface area contributed by atoms with Crippen molar-refractivity contribution in [2.75, 3.05) is 31.2 Å². The summed E-state index contributed by atoms with van der Waals surface area (Å²) in [5, 5.41) is 20.8. The van der Waals surface area contributed by atoms with Gasteiger partial charge in [0.05, 0.1) is 13.2 Å². The van der Waals surface area contributed by atoms with E-state index in [0.717, 1.165) is 5.69 Å². The Bertz CT molecular complexity index is 717. The highest BCUT2D eigenvalue weighted by Gasteiger charge is 2.09. The Morgan fingerprint density at radius 2 is 1.55 bits per heavy atom. The fraction of sp³-hybridized carbons (Fsp3) is 0.250. The minimum atomic E-state index is 0.0857. The summed E-state index contributed by atoms with van der Waals surface area (Å²) in [6, 6.07) is 14.7. The summed E-state index contributed by atoms with van der Waals surface area (Å²) in [5.41, 5.74) is 1.05. The summed E-state index contributed by atoms with van der Waals surface area (Å²) in [7, 11) is 0. The van der Waals surface area contributed by atoms with E-state index in [1.807, 2.05) is 4.90 Å². The summed E-state index contributed by atoms with van der Waals surface area (Å²) >= 11 is 1.79. The molecule has 20 heavy (non-hydrogen) atoms. The van der Waals surface area contributed by atoms with Gasteiger partial charge in [0.25, 0.3) is 0 Å². The monoisotopic (exact) mass is 287 g/mol. The predicted octanol–water partition coefficient (Wildman–Crippen LogP) is 2.85. The van der Waals surface area contributed by atoms with E-state index in [2.05, 4.69) is 42.5 Å². The van der Waals surface area contributed by atoms with Gasteiger partial charge < -0.3 is 15.1 Å². The summed E-state index contributed by atoms with van der Waals surface area (Å²) < 4.78 is 2.55. The molecule has 0 aliphatic rings. The van der Waals surface area contributed by atoms with Crippen LogP contribution in [-0.2, 0) is 0 Å². The largest absolute Gasteiger partial charge is 0.395 e. The molecule has 4 heteroatoms. The number of fused-ring (bicyclic) bond motifs is 3. The number of nitrogens with zero attached hydrogens (tertiary/aromatic N) is 1. The van der Waals surface area contributed by atoms with E-state index in [4.69, 9.17) is 10.2 Å². The van der Waals surface area contributed by atoms with Gasteiger partial charge in [-0.2, -0.15) is 0 Å². The molecule has 3 rings (SSSR count). The first-order valence-electron chi connectivity index (χ1n) is 6.71. The maximum absolute atomic E-state index is 9.15. The van der Waals surface area contributed by atoms with Gasteiger partial charge in [0.15, 0.2) is 0 Å². The van der Waals surface area contributed by atoms with Crippen LogP contribution < -0.4 is 4.90 Å². The number of anilines is 1. The fourth-order valence-electron chi connectivity index (χ4n) is 2.52. The van der Waals surface area contributed by atoms with Crippen LogP contribution in [0.15, 0.2) is 42.5 Å². The molecule has 1 heterocycles. The molecule has 0 saturated carbocycles. The Labute approximate surface area is 121 Å². The molecular formula is C16H17NO2S. The Morgan fingerprint density at radius 1 is 0.850 bits per heavy atom. The standard InChI is InChI=1S/C16H17NO2S/c18-9-7-17(8-10-19)12-5-6-16-14(11-12)13-3-1-2-4-15(13)20-16/h1-6,11,18-19H,7-10H2. The molecule has 2 N–H and O–H groups in total. The SMILES string of the molecule is OCCN(CCO)c1ccc2sc3ccccc3c2c1. The van der Waals surface area contributed by atoms with Gasteiger partial charge in [-0.3, -0.25) is 0 Å². The smallest absolute Gasteiger partial charge is 0.0606 e. The molecule has 104 valence electrons. The molecule has 0 amide bonds. The molecule has 0 spiro atoms. The third kappa shape index (κ3) is 2.38. The van der Waals surface area contributed by atoms with Crippen molar-refractivity contribution >= 4 is 37.2 Å². The first-order chi connectivity index (χ1) is 9.83. The van der Waals surface area contributed by atoms with Crippen LogP contribution in [0.5, 0.6) is 0 Å². The normalized spacial score (nSPS) is 11.3. The first kappa shape index (κ1) is 13.4. The molecule has 0 radical (unpaired) electrons. The zero-order chi connectivity index (χ0) is 13.9. The van der Waals surface area contributed by atoms with Crippen molar-refractivity contribution in [2.24, 2.45) is 0 Å². The lowest BCUT2D eigenvalue weighted by Gasteiger charge is -2.23. The quantitative estimate of drug-likeness (QED) is 0.758. The van der Waals surface area contributed by atoms with Crippen LogP contribution >= 0.6 is 11.3 Å². The van der Waals surface area contributed by atoms with E-state index in [1.165, 1.54) is 20.2 Å². The molecular weight excluding hydrogens is 270 g/mol. The van der Waals surface area contributed by atoms with Gasteiger partial charge in [-0.05, 0) is 24.3 Å². The van der Waals surface area contributed by atoms with Gasteiger partial charge in [0.2, 0.25) is 0 Å². The molecule has 0 bridgehead atoms. The molecule has 0 aliphatic carbocycles. The molecule has 0 fully saturated rings. The van der Waals surface area contributed by atoms with Crippen molar-refractivity contribution in [3.05, 3.63) is 42.5 Å². The van der Waals surface area contributed by atoms with E-state index in [-0.39, 0.29) is 13.2 Å². The van der Waals surface area contributed by atoms with E-state index < -0.39 is 0 Å². The van der Waals surface area contributed by atoms with Crippen LogP contribution in [0.3, 0.4) is 0 Å². The lowest BCUT2D eigenvalue weighted by Crippen LogP contribution is -2.29. The van der Waals surface area contributed by atoms with Crippen LogP contribution in [-0.4, -0.2) is 36.5 Å². The van der Waals surface area contributed by atoms with Crippen molar-refractivity contribution < 1.29 is 10.2 Å². The summed E-state index contributed by atoms with van der Waals surface area (Å²) in [6.45, 7) is 1.24. The highest BCUT2D eigenvalue weighted by molar-refractivity contribution is 7.25. The van der Waals surface area contributed by atoms with Crippen molar-refractivity contribution in [1.29, 1.82) is 0 Å². The lowest BCUT2D eigenvalue weighted by atomic mass is 10.1. The number of benzene rings is 2. The first-order valence-corrected chi connectivity index (χ1v) is 7.53. The average Bonchev–Trinajstić information content (AvgIpc) is 2.85. The molecule has 0 unspecified atom stereocenters. The molecule has 0 saturated heterocycles. The maximum Gasteiger partial charge on any atom is 0.0606 e. The van der Waals surface area contributed by atoms with Crippen LogP contribution in [0.4, 0.5) is 5.69 Å². The van der Waals surface area contributed by atoms with E-state index in [1.54, 1.807) is 11.3 Å². The second-order valence-electron chi connectivity index (χ2n) is 4.71. The third-order valence-electron chi connectivity index (χ3n) is 3.47. The molecule has 2 aromatic carbocycles. The summed E-state index contributed by atoms with van der Waals surface area (Å²) in [6.07, 6.45) is 0. The average molecular weight is 287 g/mol. The number of hydrogen-bond donors (Lipinski definition) is 2. The topological polar surface area (TPSA) is 43.7 Å². The predicted molar refractivity (Wildman–Crippen MR) is 85.7 cm³/mol. The molecule has 0 aliphatic heterocycles. The van der Waals surface area contributed by atoms with Gasteiger partial charge >= 0.3 is 0 Å². The number of hydrogen-bond acceptors (Lipinski definition) is 4. The van der Waals surface area contributed by atoms with Gasteiger partial charge in [-0.1, -0.05) is 18.2 Å². The minimum absolute atomic E-state index is 0.0857. The fourth-order valence-corrected chi connectivity index (χ4v) is 3.61. The number of thiophene rings is 1. The van der Waals surface area contributed by atoms with Gasteiger partial charge in [0.1, 0.15) is 0 Å². The maximum atomic E-state index is 9.15. The van der Waals surface area contributed by atoms with Crippen molar-refractivity contribution in [3.63, 3.8) is 0 Å². The van der Waals surface area contributed by atoms with Gasteiger partial charge in [-0.25, -0.2) is 0 Å². The van der Waals surface area contributed by atoms with E-state index in [9.17, 15) is 0 Å². The lowest BCUT2D eigenvalue weighted by molar-refractivity contribution is 0.281. The van der Waals surface area contributed by atoms with Crippen LogP contribution in [0.2, 0.25) is 0 Å². The van der Waals surface area contributed by atoms with Crippen molar-refractivity contribution in [2.45, 2.75) is 0 Å². The summed E-state index contributed by atoms with van der Waals surface area (Å²) in [4.78, 5) is 2.01. The highest BCUT2D eigenvalue weighted by atomic mass is 32.1. The Balaban J connectivity index is 2.10. The molecule has 0 atom stereocenters. The van der Waals surface area contributed by atoms with Crippen molar-refractivity contribution in [1.82, 2.24) is 0 Å². The zero-order valence-corrected chi connectivity index (χ0v) is 11.9. The number of aliphatic hydroxyl groups is 2. The van der Waals surface area contributed by atoms with Crippen LogP contribution in [0.25, 0.3) is 20.2 Å². The van der Waals surface area contributed by atoms with E-state index in [0.29, 0.717) is 13.1 Å². The molecule has 1 aromatic heterocycles. The van der Waals surface area contributed by atoms with Crippen molar-refractivity contribution in [3.8, 4) is 0 Å². The third-order valence-corrected chi connectivity index (χ3v) is 4.62. The second-order valence-corrected chi connectivity index (χ2v) is 5.80. The van der Waals surface area contributed by atoms with E-state index >= 15 is 0 Å². The zero-order valence-electron chi connectivity index (χ0n) is 11.1. The number of rotatable bonds is 5. The second kappa shape index (κ2) is 5.79. The molecule has 3 aromatic rings. The number of aliphatic hydroxyl groups excluding tert-OH is 2. The minimum Gasteiger partial charge on any atom is -0.395 e. The summed E-state index contributed by atoms with van der Waals surface area (Å²) in [5.74, 6) is 0. The Hall–Kier alpha value is -1.62. The molecule has 3 nitrogen and oxygen atoms in total. The Kier molecular flexibility index (Phi) is 3.87. The Morgan fingerprint density at radius 3 is 2.30 bits per heavy atom.